The molecule has 0 bridgehead atoms. The number of methoxy groups -OCH3 is 3. The molecular formula is C22H32N6O3. The number of hydrogen-bond donors (Lipinski definition) is 2. The van der Waals surface area contributed by atoms with Gasteiger partial charge >= 0.3 is 0 Å². The van der Waals surface area contributed by atoms with Gasteiger partial charge in [0.25, 0.3) is 0 Å². The van der Waals surface area contributed by atoms with Crippen molar-refractivity contribution in [2.45, 2.75) is 32.7 Å². The molecule has 0 amide bonds. The zero-order valence-corrected chi connectivity index (χ0v) is 18.9. The van der Waals surface area contributed by atoms with Gasteiger partial charge in [-0.1, -0.05) is 6.92 Å². The number of nitrogens with zero attached hydrogens (tertiary/aromatic N) is 4. The highest BCUT2D eigenvalue weighted by Gasteiger charge is 2.23. The number of aromatic nitrogens is 3. The maximum Gasteiger partial charge on any atom is 0.243 e. The van der Waals surface area contributed by atoms with Crippen LogP contribution in [0, 0.1) is 0 Å². The molecule has 0 spiro atoms. The zero-order chi connectivity index (χ0) is 22.4. The summed E-state index contributed by atoms with van der Waals surface area (Å²) < 4.78 is 16.5. The molecule has 3 rings (SSSR count). The topological polar surface area (TPSA) is 108 Å². The summed E-state index contributed by atoms with van der Waals surface area (Å²) >= 11 is 0. The van der Waals surface area contributed by atoms with Crippen LogP contribution in [0.4, 0.5) is 5.95 Å². The Hall–Kier alpha value is -3.07. The van der Waals surface area contributed by atoms with Crippen LogP contribution in [0.1, 0.15) is 32.4 Å². The number of likely N-dealkylation sites (N-methyl/N-ethyl adjacent to an activating group) is 1. The van der Waals surface area contributed by atoms with Crippen LogP contribution >= 0.6 is 0 Å². The van der Waals surface area contributed by atoms with Crippen LogP contribution in [-0.4, -0.2) is 67.1 Å². The summed E-state index contributed by atoms with van der Waals surface area (Å²) in [5.74, 6) is 2.02. The van der Waals surface area contributed by atoms with Gasteiger partial charge in [-0.25, -0.2) is 4.98 Å². The zero-order valence-electron chi connectivity index (χ0n) is 18.9. The van der Waals surface area contributed by atoms with Crippen LogP contribution in [0.2, 0.25) is 0 Å². The Kier molecular flexibility index (Phi) is 7.51. The van der Waals surface area contributed by atoms with Crippen molar-refractivity contribution >= 4 is 12.0 Å². The first-order valence-corrected chi connectivity index (χ1v) is 10.5. The average Bonchev–Trinajstić information content (AvgIpc) is 2.78. The van der Waals surface area contributed by atoms with E-state index in [0.29, 0.717) is 45.8 Å². The van der Waals surface area contributed by atoms with E-state index in [-0.39, 0.29) is 6.04 Å². The summed E-state index contributed by atoms with van der Waals surface area (Å²) in [4.78, 5) is 7.14. The normalized spacial score (nSPS) is 17.3. The van der Waals surface area contributed by atoms with E-state index in [2.05, 4.69) is 27.3 Å². The predicted molar refractivity (Wildman–Crippen MR) is 122 cm³/mol. The van der Waals surface area contributed by atoms with Crippen LogP contribution in [0.3, 0.4) is 0 Å². The number of ether oxygens (including phenoxy) is 3. The molecule has 3 N–H and O–H groups in total. The number of benzene rings is 1. The van der Waals surface area contributed by atoms with Crippen LogP contribution in [0.25, 0.3) is 17.3 Å². The average molecular weight is 429 g/mol. The highest BCUT2D eigenvalue weighted by atomic mass is 16.5. The molecule has 0 saturated carbocycles. The van der Waals surface area contributed by atoms with Gasteiger partial charge < -0.3 is 30.2 Å². The predicted octanol–water partition coefficient (Wildman–Crippen LogP) is 2.78. The molecule has 1 aliphatic rings. The Labute approximate surface area is 183 Å². The molecule has 2 aromatic rings. The lowest BCUT2D eigenvalue weighted by molar-refractivity contribution is 0.226. The maximum absolute atomic E-state index is 5.98. The first kappa shape index (κ1) is 22.6. The van der Waals surface area contributed by atoms with Crippen molar-refractivity contribution in [1.29, 1.82) is 0 Å². The summed E-state index contributed by atoms with van der Waals surface area (Å²) in [6.45, 7) is 7.12. The SMILES string of the molecule is CCN1CCCC(Nc2nnc(-c3ccc(OC)c(OC)c3OC)c(/C=C(/C)N)n2)C1. The highest BCUT2D eigenvalue weighted by molar-refractivity contribution is 5.79. The lowest BCUT2D eigenvalue weighted by Gasteiger charge is -2.32. The van der Waals surface area contributed by atoms with Crippen LogP contribution in [-0.2, 0) is 0 Å². The molecule has 1 atom stereocenters. The quantitative estimate of drug-likeness (QED) is 0.656. The number of nitrogens with one attached hydrogen (secondary N) is 1. The molecule has 31 heavy (non-hydrogen) atoms. The number of nitrogens with two attached hydrogens (primary N) is 1. The largest absolute Gasteiger partial charge is 0.493 e. The molecule has 9 heteroatoms. The van der Waals surface area contributed by atoms with Gasteiger partial charge in [-0.15, -0.1) is 10.2 Å². The summed E-state index contributed by atoms with van der Waals surface area (Å²) in [6, 6.07) is 3.93. The molecule has 9 nitrogen and oxygen atoms in total. The third kappa shape index (κ3) is 5.16. The van der Waals surface area contributed by atoms with E-state index in [0.717, 1.165) is 32.5 Å². The number of allylic oxidation sites excluding steroid dienone is 1. The van der Waals surface area contributed by atoms with Crippen molar-refractivity contribution in [3.05, 3.63) is 23.5 Å². The second-order valence-corrected chi connectivity index (χ2v) is 7.52. The molecule has 1 saturated heterocycles. The molecule has 2 heterocycles. The standard InChI is InChI=1S/C22H32N6O3/c1-6-28-11-7-8-15(13-28)24-22-25-17(12-14(2)23)19(26-27-22)16-9-10-18(29-3)21(31-5)20(16)30-4/h9-10,12,15H,6-8,11,13,23H2,1-5H3,(H,24,25,27)/b14-12-. The summed E-state index contributed by atoms with van der Waals surface area (Å²) in [7, 11) is 4.72. The van der Waals surface area contributed by atoms with Crippen LogP contribution in [0.15, 0.2) is 17.8 Å². The second-order valence-electron chi connectivity index (χ2n) is 7.52. The van der Waals surface area contributed by atoms with Gasteiger partial charge in [0.15, 0.2) is 11.5 Å². The van der Waals surface area contributed by atoms with Crippen molar-refractivity contribution in [3.63, 3.8) is 0 Å². The molecule has 1 aromatic carbocycles. The van der Waals surface area contributed by atoms with E-state index >= 15 is 0 Å². The number of likely N-dealkylation sites (tertiary alicyclic amines) is 1. The van der Waals surface area contributed by atoms with E-state index in [1.807, 2.05) is 13.0 Å². The van der Waals surface area contributed by atoms with E-state index in [4.69, 9.17) is 24.9 Å². The fourth-order valence-corrected chi connectivity index (χ4v) is 3.84. The van der Waals surface area contributed by atoms with Crippen molar-refractivity contribution < 1.29 is 14.2 Å². The Morgan fingerprint density at radius 2 is 1.97 bits per heavy atom. The fourth-order valence-electron chi connectivity index (χ4n) is 3.84. The van der Waals surface area contributed by atoms with E-state index in [9.17, 15) is 0 Å². The number of hydrogen-bond acceptors (Lipinski definition) is 9. The molecule has 168 valence electrons. The second kappa shape index (κ2) is 10.3. The van der Waals surface area contributed by atoms with E-state index < -0.39 is 0 Å². The Morgan fingerprint density at radius 3 is 2.61 bits per heavy atom. The van der Waals surface area contributed by atoms with Crippen molar-refractivity contribution in [1.82, 2.24) is 20.1 Å². The van der Waals surface area contributed by atoms with Crippen molar-refractivity contribution in [2.24, 2.45) is 5.73 Å². The highest BCUT2D eigenvalue weighted by Crippen LogP contribution is 2.44. The minimum absolute atomic E-state index is 0.285. The fraction of sp³-hybridized carbons (Fsp3) is 0.500. The molecular weight excluding hydrogens is 396 g/mol. The Bertz CT molecular complexity index is 930. The first-order valence-electron chi connectivity index (χ1n) is 10.5. The maximum atomic E-state index is 5.98. The van der Waals surface area contributed by atoms with Gasteiger partial charge in [0.1, 0.15) is 5.69 Å². The van der Waals surface area contributed by atoms with Gasteiger partial charge in [-0.2, -0.15) is 0 Å². The van der Waals surface area contributed by atoms with E-state index in [1.54, 1.807) is 33.5 Å². The summed E-state index contributed by atoms with van der Waals surface area (Å²) in [6.07, 6.45) is 4.01. The molecule has 1 unspecified atom stereocenters. The first-order chi connectivity index (χ1) is 15.0. The summed E-state index contributed by atoms with van der Waals surface area (Å²) in [5, 5.41) is 12.3. The van der Waals surface area contributed by atoms with Gasteiger partial charge in [-0.3, -0.25) is 0 Å². The van der Waals surface area contributed by atoms with Crippen molar-refractivity contribution in [3.8, 4) is 28.5 Å². The molecule has 1 fully saturated rings. The third-order valence-corrected chi connectivity index (χ3v) is 5.32. The van der Waals surface area contributed by atoms with Gasteiger partial charge in [0.2, 0.25) is 11.7 Å². The Balaban J connectivity index is 2.01. The van der Waals surface area contributed by atoms with Gasteiger partial charge in [0.05, 0.1) is 32.6 Å². The molecule has 1 aromatic heterocycles. The molecule has 0 radical (unpaired) electrons. The lowest BCUT2D eigenvalue weighted by atomic mass is 10.1. The molecule has 0 aliphatic carbocycles. The monoisotopic (exact) mass is 428 g/mol. The summed E-state index contributed by atoms with van der Waals surface area (Å²) in [5.41, 5.74) is 8.44. The smallest absolute Gasteiger partial charge is 0.243 e. The van der Waals surface area contributed by atoms with Crippen LogP contribution in [0.5, 0.6) is 17.2 Å². The number of piperidine rings is 1. The van der Waals surface area contributed by atoms with E-state index in [1.165, 1.54) is 0 Å². The number of rotatable bonds is 8. The minimum atomic E-state index is 0.285. The van der Waals surface area contributed by atoms with Gasteiger partial charge in [-0.05, 0) is 51.1 Å². The number of anilines is 1. The van der Waals surface area contributed by atoms with Crippen molar-refractivity contribution in [2.75, 3.05) is 46.3 Å². The van der Waals surface area contributed by atoms with Gasteiger partial charge in [0, 0.05) is 18.3 Å². The Morgan fingerprint density at radius 1 is 1.19 bits per heavy atom. The third-order valence-electron chi connectivity index (χ3n) is 5.32. The lowest BCUT2D eigenvalue weighted by Crippen LogP contribution is -2.42. The van der Waals surface area contributed by atoms with Crippen LogP contribution < -0.4 is 25.3 Å². The minimum Gasteiger partial charge on any atom is -0.493 e. The molecule has 1 aliphatic heterocycles.